The fraction of sp³-hybridized carbons (Fsp3) is 0.333. The van der Waals surface area contributed by atoms with Crippen molar-refractivity contribution in [2.45, 2.75) is 13.5 Å². The molecule has 1 heterocycles. The highest BCUT2D eigenvalue weighted by atomic mass is 14.8. The summed E-state index contributed by atoms with van der Waals surface area (Å²) in [4.78, 5) is 7.84. The number of hydrogen-bond donors (Lipinski definition) is 0. The maximum Gasteiger partial charge on any atom is 0.125 e. The largest absolute Gasteiger partial charge is 0.253 e. The summed E-state index contributed by atoms with van der Waals surface area (Å²) in [6, 6.07) is 0. The van der Waals surface area contributed by atoms with E-state index in [2.05, 4.69) is 9.97 Å². The van der Waals surface area contributed by atoms with Gasteiger partial charge in [-0.3, -0.25) is 5.73 Å². The Morgan fingerprint density at radius 3 is 2.44 bits per heavy atom. The molecule has 0 saturated carbocycles. The number of aromatic nitrogens is 2. The van der Waals surface area contributed by atoms with Gasteiger partial charge in [-0.2, -0.15) is 0 Å². The van der Waals surface area contributed by atoms with E-state index in [0.29, 0.717) is 0 Å². The molecule has 1 rings (SSSR count). The van der Waals surface area contributed by atoms with Crippen molar-refractivity contribution in [3.63, 3.8) is 0 Å². The minimum Gasteiger partial charge on any atom is -0.253 e. The van der Waals surface area contributed by atoms with Crippen LogP contribution in [-0.4, -0.2) is 9.97 Å². The third-order valence-corrected chi connectivity index (χ3v) is 1.04. The zero-order chi connectivity index (χ0) is 6.69. The summed E-state index contributed by atoms with van der Waals surface area (Å²) < 4.78 is 0. The molecule has 3 heteroatoms. The predicted molar refractivity (Wildman–Crippen MR) is 33.6 cm³/mol. The molecule has 0 spiro atoms. The zero-order valence-corrected chi connectivity index (χ0v) is 5.26. The van der Waals surface area contributed by atoms with Crippen LogP contribution in [0.4, 0.5) is 0 Å². The highest BCUT2D eigenvalue weighted by Gasteiger charge is 1.88. The van der Waals surface area contributed by atoms with Crippen molar-refractivity contribution in [1.29, 1.82) is 0 Å². The van der Waals surface area contributed by atoms with E-state index in [4.69, 9.17) is 5.73 Å². The van der Waals surface area contributed by atoms with E-state index in [9.17, 15) is 0 Å². The Bertz CT molecular complexity index is 180. The van der Waals surface area contributed by atoms with Gasteiger partial charge in [0.15, 0.2) is 0 Å². The van der Waals surface area contributed by atoms with Crippen molar-refractivity contribution in [1.82, 2.24) is 15.7 Å². The lowest BCUT2D eigenvalue weighted by Crippen LogP contribution is -1.91. The summed E-state index contributed by atoms with van der Waals surface area (Å²) in [5, 5.41) is 0. The maximum absolute atomic E-state index is 6.93. The summed E-state index contributed by atoms with van der Waals surface area (Å²) in [6.45, 7) is 2.09. The molecule has 0 aliphatic carbocycles. The quantitative estimate of drug-likeness (QED) is 0.546. The molecule has 0 bridgehead atoms. The molecule has 47 valence electrons. The number of rotatable bonds is 1. The molecule has 0 unspecified atom stereocenters. The standard InChI is InChI=1S/C6H8N3/c1-5-8-3-6(2-7)4-9-5/h3-4,7H,2H2,1H3. The molecule has 1 radical (unpaired) electrons. The second-order valence-electron chi connectivity index (χ2n) is 1.82. The lowest BCUT2D eigenvalue weighted by molar-refractivity contribution is 0.950. The number of nitrogens with one attached hydrogen (secondary N) is 1. The summed E-state index contributed by atoms with van der Waals surface area (Å²) >= 11 is 0. The lowest BCUT2D eigenvalue weighted by Gasteiger charge is -1.92. The first-order valence-electron chi connectivity index (χ1n) is 2.75. The van der Waals surface area contributed by atoms with Gasteiger partial charge >= 0.3 is 0 Å². The Morgan fingerprint density at radius 1 is 1.44 bits per heavy atom. The van der Waals surface area contributed by atoms with Gasteiger partial charge in [0.25, 0.3) is 0 Å². The van der Waals surface area contributed by atoms with Crippen LogP contribution in [0.5, 0.6) is 0 Å². The average Bonchev–Trinajstić information content (AvgIpc) is 1.90. The van der Waals surface area contributed by atoms with Gasteiger partial charge in [0.2, 0.25) is 0 Å². The van der Waals surface area contributed by atoms with Crippen molar-refractivity contribution in [3.8, 4) is 0 Å². The molecular formula is C6H8N3. The Morgan fingerprint density at radius 2 is 2.00 bits per heavy atom. The Balaban J connectivity index is 2.88. The Hall–Kier alpha value is -0.960. The van der Waals surface area contributed by atoms with E-state index >= 15 is 0 Å². The van der Waals surface area contributed by atoms with Crippen LogP contribution in [0.15, 0.2) is 12.4 Å². The van der Waals surface area contributed by atoms with Crippen LogP contribution in [0, 0.1) is 6.92 Å². The van der Waals surface area contributed by atoms with E-state index < -0.39 is 0 Å². The summed E-state index contributed by atoms with van der Waals surface area (Å²) in [6.07, 6.45) is 3.35. The second-order valence-corrected chi connectivity index (χ2v) is 1.82. The monoisotopic (exact) mass is 122 g/mol. The van der Waals surface area contributed by atoms with E-state index in [1.165, 1.54) is 0 Å². The predicted octanol–water partition coefficient (Wildman–Crippen LogP) is 0.568. The molecule has 1 aromatic rings. The third-order valence-electron chi connectivity index (χ3n) is 1.04. The highest BCUT2D eigenvalue weighted by Crippen LogP contribution is 1.92. The SMILES string of the molecule is Cc1ncc(C[NH])cn1. The van der Waals surface area contributed by atoms with Crippen LogP contribution in [0.2, 0.25) is 0 Å². The van der Waals surface area contributed by atoms with Crippen molar-refractivity contribution in [3.05, 3.63) is 23.8 Å². The Labute approximate surface area is 53.9 Å². The van der Waals surface area contributed by atoms with Crippen molar-refractivity contribution in [2.75, 3.05) is 0 Å². The van der Waals surface area contributed by atoms with Crippen LogP contribution < -0.4 is 5.73 Å². The van der Waals surface area contributed by atoms with E-state index in [1.54, 1.807) is 12.4 Å². The molecule has 0 amide bonds. The smallest absolute Gasteiger partial charge is 0.125 e. The fourth-order valence-corrected chi connectivity index (χ4v) is 0.511. The third kappa shape index (κ3) is 1.47. The molecule has 0 aliphatic heterocycles. The molecule has 0 fully saturated rings. The maximum atomic E-state index is 6.93. The van der Waals surface area contributed by atoms with Crippen LogP contribution in [0.3, 0.4) is 0 Å². The second kappa shape index (κ2) is 2.55. The van der Waals surface area contributed by atoms with Crippen molar-refractivity contribution >= 4 is 0 Å². The number of aryl methyl sites for hydroxylation is 1. The van der Waals surface area contributed by atoms with Gasteiger partial charge in [0, 0.05) is 24.5 Å². The molecule has 0 atom stereocenters. The normalized spacial score (nSPS) is 9.56. The molecule has 1 N–H and O–H groups in total. The van der Waals surface area contributed by atoms with Gasteiger partial charge in [0.05, 0.1) is 0 Å². The van der Waals surface area contributed by atoms with E-state index in [1.807, 2.05) is 6.92 Å². The van der Waals surface area contributed by atoms with E-state index in [0.717, 1.165) is 11.4 Å². The first-order valence-corrected chi connectivity index (χ1v) is 2.75. The molecule has 1 aromatic heterocycles. The molecule has 0 aromatic carbocycles. The molecular weight excluding hydrogens is 114 g/mol. The highest BCUT2D eigenvalue weighted by molar-refractivity contribution is 5.03. The topological polar surface area (TPSA) is 49.6 Å². The molecule has 0 saturated heterocycles. The molecule has 0 aliphatic rings. The van der Waals surface area contributed by atoms with Gasteiger partial charge in [-0.15, -0.1) is 0 Å². The van der Waals surface area contributed by atoms with Crippen LogP contribution in [0.1, 0.15) is 11.4 Å². The Kier molecular flexibility index (Phi) is 1.75. The average molecular weight is 122 g/mol. The minimum atomic E-state index is 0.264. The molecule has 3 nitrogen and oxygen atoms in total. The first kappa shape index (κ1) is 6.16. The van der Waals surface area contributed by atoms with Crippen LogP contribution >= 0.6 is 0 Å². The van der Waals surface area contributed by atoms with Gasteiger partial charge in [0.1, 0.15) is 5.82 Å². The lowest BCUT2D eigenvalue weighted by atomic mass is 10.3. The fourth-order valence-electron chi connectivity index (χ4n) is 0.511. The summed E-state index contributed by atoms with van der Waals surface area (Å²) in [5.41, 5.74) is 7.80. The summed E-state index contributed by atoms with van der Waals surface area (Å²) in [7, 11) is 0. The van der Waals surface area contributed by atoms with Crippen LogP contribution in [0.25, 0.3) is 0 Å². The van der Waals surface area contributed by atoms with Gasteiger partial charge in [-0.05, 0) is 6.92 Å². The van der Waals surface area contributed by atoms with Gasteiger partial charge < -0.3 is 0 Å². The number of nitrogens with zero attached hydrogens (tertiary/aromatic N) is 2. The zero-order valence-electron chi connectivity index (χ0n) is 5.26. The van der Waals surface area contributed by atoms with Gasteiger partial charge in [-0.25, -0.2) is 9.97 Å². The van der Waals surface area contributed by atoms with Gasteiger partial charge in [-0.1, -0.05) is 0 Å². The first-order chi connectivity index (χ1) is 4.33. The minimum absolute atomic E-state index is 0.264. The number of hydrogen-bond acceptors (Lipinski definition) is 2. The summed E-state index contributed by atoms with van der Waals surface area (Å²) in [5.74, 6) is 0.757. The van der Waals surface area contributed by atoms with Crippen molar-refractivity contribution in [2.24, 2.45) is 0 Å². The van der Waals surface area contributed by atoms with E-state index in [-0.39, 0.29) is 6.54 Å². The van der Waals surface area contributed by atoms with Crippen LogP contribution in [-0.2, 0) is 6.54 Å². The molecule has 9 heavy (non-hydrogen) atoms. The van der Waals surface area contributed by atoms with Crippen molar-refractivity contribution < 1.29 is 0 Å².